The first kappa shape index (κ1) is 9.55. The van der Waals surface area contributed by atoms with Gasteiger partial charge in [0.15, 0.2) is 0 Å². The minimum Gasteiger partial charge on any atom is -0.349 e. The third-order valence-corrected chi connectivity index (χ3v) is 1.99. The summed E-state index contributed by atoms with van der Waals surface area (Å²) in [5, 5.41) is 3.37. The van der Waals surface area contributed by atoms with Gasteiger partial charge in [-0.2, -0.15) is 0 Å². The van der Waals surface area contributed by atoms with E-state index in [1.165, 1.54) is 0 Å². The van der Waals surface area contributed by atoms with E-state index < -0.39 is 0 Å². The molecule has 1 aliphatic heterocycles. The predicted molar refractivity (Wildman–Crippen MR) is 56.3 cm³/mol. The quantitative estimate of drug-likeness (QED) is 0.708. The number of nitrogens with one attached hydrogen (secondary N) is 1. The first-order valence-electron chi connectivity index (χ1n) is 3.33. The van der Waals surface area contributed by atoms with E-state index in [4.69, 9.17) is 11.6 Å². The van der Waals surface area contributed by atoms with Gasteiger partial charge in [-0.05, 0) is 28.4 Å². The van der Waals surface area contributed by atoms with Crippen LogP contribution in [0.5, 0.6) is 0 Å². The summed E-state index contributed by atoms with van der Waals surface area (Å²) in [7, 11) is 0. The first-order valence-corrected chi connectivity index (χ1v) is 4.50. The number of nitrogens with zero attached hydrogens (tertiary/aromatic N) is 1. The van der Waals surface area contributed by atoms with E-state index in [0.29, 0.717) is 10.9 Å². The van der Waals surface area contributed by atoms with Crippen molar-refractivity contribution in [3.05, 3.63) is 33.7 Å². The maximum Gasteiger partial charge on any atom is 0.132 e. The molecule has 0 amide bonds. The van der Waals surface area contributed by atoms with Crippen molar-refractivity contribution in [3.8, 4) is 0 Å². The summed E-state index contributed by atoms with van der Waals surface area (Å²) >= 11 is 9.15. The zero-order valence-electron chi connectivity index (χ0n) is 6.56. The average Bonchev–Trinajstić information content (AvgIpc) is 2.14. The van der Waals surface area contributed by atoms with E-state index in [2.05, 4.69) is 32.8 Å². The fourth-order valence-corrected chi connectivity index (χ4v) is 1.20. The van der Waals surface area contributed by atoms with Gasteiger partial charge in [0.05, 0.1) is 4.48 Å². The van der Waals surface area contributed by atoms with Crippen LogP contribution < -0.4 is 5.32 Å². The van der Waals surface area contributed by atoms with Crippen LogP contribution in [0.25, 0.3) is 0 Å². The van der Waals surface area contributed by atoms with Gasteiger partial charge >= 0.3 is 0 Å². The van der Waals surface area contributed by atoms with Crippen molar-refractivity contribution in [2.45, 2.75) is 6.92 Å². The van der Waals surface area contributed by atoms with Crippen LogP contribution in [0, 0.1) is 0 Å². The number of aliphatic imine (C=N–C) groups is 1. The average molecular weight is 248 g/mol. The normalized spacial score (nSPS) is 16.8. The van der Waals surface area contributed by atoms with Crippen molar-refractivity contribution in [1.29, 1.82) is 0 Å². The van der Waals surface area contributed by atoms with E-state index in [1.54, 1.807) is 12.4 Å². The summed E-state index contributed by atoms with van der Waals surface area (Å²) in [6.07, 6.45) is 3.40. The number of rotatable bonds is 1. The van der Waals surface area contributed by atoms with Crippen molar-refractivity contribution in [2.75, 3.05) is 0 Å². The molecule has 0 fully saturated rings. The number of allylic oxidation sites excluding steroid dienone is 2. The highest BCUT2D eigenvalue weighted by Gasteiger charge is 2.05. The van der Waals surface area contributed by atoms with E-state index >= 15 is 0 Å². The molecule has 12 heavy (non-hydrogen) atoms. The van der Waals surface area contributed by atoms with Crippen LogP contribution in [-0.2, 0) is 0 Å². The number of hydrogen-bond acceptors (Lipinski definition) is 2. The molecule has 0 aliphatic carbocycles. The lowest BCUT2D eigenvalue weighted by atomic mass is 10.3. The molecule has 0 bridgehead atoms. The zero-order chi connectivity index (χ0) is 9.14. The molecule has 0 aromatic heterocycles. The topological polar surface area (TPSA) is 24.4 Å². The Kier molecular flexibility index (Phi) is 3.12. The van der Waals surface area contributed by atoms with E-state index in [9.17, 15) is 0 Å². The number of halogens is 2. The molecule has 4 heteroatoms. The Morgan fingerprint density at radius 1 is 1.75 bits per heavy atom. The van der Waals surface area contributed by atoms with E-state index in [0.717, 1.165) is 10.1 Å². The highest BCUT2D eigenvalue weighted by molar-refractivity contribution is 9.12. The Labute approximate surface area is 84.8 Å². The maximum absolute atomic E-state index is 5.88. The lowest BCUT2D eigenvalue weighted by Gasteiger charge is -2.01. The SMILES string of the molecule is C=C(C)C1=C(Cl)NC=C(Br)C=N1. The predicted octanol–water partition coefficient (Wildman–Crippen LogP) is 2.88. The molecule has 0 saturated heterocycles. The summed E-state index contributed by atoms with van der Waals surface area (Å²) in [5.41, 5.74) is 1.52. The molecule has 0 atom stereocenters. The molecule has 0 aromatic carbocycles. The lowest BCUT2D eigenvalue weighted by molar-refractivity contribution is 1.11. The molecule has 1 N–H and O–H groups in total. The van der Waals surface area contributed by atoms with Crippen LogP contribution in [0.15, 0.2) is 38.7 Å². The van der Waals surface area contributed by atoms with Gasteiger partial charge in [0, 0.05) is 12.4 Å². The third kappa shape index (κ3) is 2.22. The molecule has 0 unspecified atom stereocenters. The highest BCUT2D eigenvalue weighted by Crippen LogP contribution is 2.18. The van der Waals surface area contributed by atoms with Gasteiger partial charge in [-0.3, -0.25) is 4.99 Å². The summed E-state index contributed by atoms with van der Waals surface area (Å²) in [6.45, 7) is 5.62. The molecule has 2 nitrogen and oxygen atoms in total. The van der Waals surface area contributed by atoms with Gasteiger partial charge in [0.25, 0.3) is 0 Å². The Balaban J connectivity index is 3.01. The van der Waals surface area contributed by atoms with Gasteiger partial charge in [0.2, 0.25) is 0 Å². The largest absolute Gasteiger partial charge is 0.349 e. The second kappa shape index (κ2) is 3.92. The molecule has 1 aliphatic rings. The Morgan fingerprint density at radius 3 is 3.00 bits per heavy atom. The fraction of sp³-hybridized carbons (Fsp3) is 0.125. The van der Waals surface area contributed by atoms with Crippen molar-refractivity contribution >= 4 is 33.7 Å². The first-order chi connectivity index (χ1) is 5.61. The molecular formula is C8H8BrClN2. The van der Waals surface area contributed by atoms with Crippen LogP contribution in [-0.4, -0.2) is 6.21 Å². The Hall–Kier alpha value is -0.540. The molecule has 0 spiro atoms. The fourth-order valence-electron chi connectivity index (χ4n) is 0.718. The van der Waals surface area contributed by atoms with Gasteiger partial charge in [-0.15, -0.1) is 0 Å². The maximum atomic E-state index is 5.88. The van der Waals surface area contributed by atoms with Crippen molar-refractivity contribution in [1.82, 2.24) is 5.32 Å². The number of hydrogen-bond donors (Lipinski definition) is 1. The summed E-state index contributed by atoms with van der Waals surface area (Å²) < 4.78 is 0.844. The van der Waals surface area contributed by atoms with Gasteiger partial charge in [-0.1, -0.05) is 18.2 Å². The highest BCUT2D eigenvalue weighted by atomic mass is 79.9. The van der Waals surface area contributed by atoms with Gasteiger partial charge in [-0.25, -0.2) is 0 Å². The van der Waals surface area contributed by atoms with E-state index in [-0.39, 0.29) is 0 Å². The molecule has 1 heterocycles. The molecule has 0 aromatic rings. The van der Waals surface area contributed by atoms with Crippen molar-refractivity contribution < 1.29 is 0 Å². The standard InChI is InChI=1S/C8H8BrClN2/c1-5(2)7-8(10)12-4-6(9)3-11-7/h3-4,12H,1H2,2H3. The lowest BCUT2D eigenvalue weighted by Crippen LogP contribution is -2.01. The molecule has 0 radical (unpaired) electrons. The van der Waals surface area contributed by atoms with Gasteiger partial charge < -0.3 is 5.32 Å². The second-order valence-electron chi connectivity index (χ2n) is 2.37. The molecule has 64 valence electrons. The Morgan fingerprint density at radius 2 is 2.42 bits per heavy atom. The molecular weight excluding hydrogens is 239 g/mol. The zero-order valence-corrected chi connectivity index (χ0v) is 8.91. The molecule has 1 rings (SSSR count). The van der Waals surface area contributed by atoms with Crippen LogP contribution in [0.1, 0.15) is 6.92 Å². The Bertz CT molecular complexity index is 302. The monoisotopic (exact) mass is 246 g/mol. The van der Waals surface area contributed by atoms with E-state index in [1.807, 2.05) is 6.92 Å². The smallest absolute Gasteiger partial charge is 0.132 e. The van der Waals surface area contributed by atoms with Crippen LogP contribution >= 0.6 is 27.5 Å². The van der Waals surface area contributed by atoms with Crippen LogP contribution in [0.2, 0.25) is 0 Å². The summed E-state index contributed by atoms with van der Waals surface area (Å²) in [6, 6.07) is 0. The second-order valence-corrected chi connectivity index (χ2v) is 3.67. The summed E-state index contributed by atoms with van der Waals surface area (Å²) in [4.78, 5) is 4.13. The summed E-state index contributed by atoms with van der Waals surface area (Å²) in [5.74, 6) is 0. The minimum absolute atomic E-state index is 0.494. The third-order valence-electron chi connectivity index (χ3n) is 1.27. The molecule has 0 saturated carbocycles. The van der Waals surface area contributed by atoms with Crippen LogP contribution in [0.3, 0.4) is 0 Å². The van der Waals surface area contributed by atoms with Gasteiger partial charge in [0.1, 0.15) is 10.9 Å². The minimum atomic E-state index is 0.494. The van der Waals surface area contributed by atoms with Crippen LogP contribution in [0.4, 0.5) is 0 Å². The van der Waals surface area contributed by atoms with Crippen molar-refractivity contribution in [3.63, 3.8) is 0 Å². The van der Waals surface area contributed by atoms with Crippen molar-refractivity contribution in [2.24, 2.45) is 4.99 Å².